The van der Waals surface area contributed by atoms with Crippen molar-refractivity contribution in [1.82, 2.24) is 19.6 Å². The quantitative estimate of drug-likeness (QED) is 0.834. The minimum atomic E-state index is 0.666. The lowest BCUT2D eigenvalue weighted by Crippen LogP contribution is -1.99. The summed E-state index contributed by atoms with van der Waals surface area (Å²) >= 11 is 3.80. The Bertz CT molecular complexity index is 546. The molecule has 0 radical (unpaired) electrons. The van der Waals surface area contributed by atoms with E-state index in [2.05, 4.69) is 15.1 Å². The number of fused-ring (bicyclic) bond motifs is 1. The summed E-state index contributed by atoms with van der Waals surface area (Å²) in [5.74, 6) is 3.20. The van der Waals surface area contributed by atoms with Crippen LogP contribution in [0.15, 0.2) is 11.2 Å². The fourth-order valence-electron chi connectivity index (χ4n) is 1.95. The predicted molar refractivity (Wildman–Crippen MR) is 71.8 cm³/mol. The Morgan fingerprint density at radius 1 is 1.41 bits per heavy atom. The van der Waals surface area contributed by atoms with Gasteiger partial charge in [0.15, 0.2) is 0 Å². The summed E-state index contributed by atoms with van der Waals surface area (Å²) < 4.78 is 1.83. The van der Waals surface area contributed by atoms with E-state index in [4.69, 9.17) is 0 Å². The van der Waals surface area contributed by atoms with E-state index in [1.807, 2.05) is 36.2 Å². The van der Waals surface area contributed by atoms with E-state index in [9.17, 15) is 0 Å². The molecule has 0 aromatic carbocycles. The zero-order chi connectivity index (χ0) is 11.8. The molecule has 1 atom stereocenters. The first-order valence-corrected chi connectivity index (χ1v) is 7.71. The van der Waals surface area contributed by atoms with Crippen molar-refractivity contribution in [3.63, 3.8) is 0 Å². The number of hydrogen-bond donors (Lipinski definition) is 0. The van der Waals surface area contributed by atoms with Crippen LogP contribution in [-0.2, 0) is 0 Å². The molecule has 1 aliphatic rings. The molecule has 90 valence electrons. The maximum atomic E-state index is 4.51. The zero-order valence-electron chi connectivity index (χ0n) is 9.88. The van der Waals surface area contributed by atoms with E-state index < -0.39 is 0 Å². The van der Waals surface area contributed by atoms with Crippen LogP contribution in [0.1, 0.15) is 17.8 Å². The van der Waals surface area contributed by atoms with E-state index in [0.29, 0.717) is 5.25 Å². The third-order valence-electron chi connectivity index (χ3n) is 2.76. The minimum absolute atomic E-state index is 0.666. The summed E-state index contributed by atoms with van der Waals surface area (Å²) in [6.07, 6.45) is 1.26. The van der Waals surface area contributed by atoms with Crippen LogP contribution in [0, 0.1) is 13.8 Å². The molecule has 6 heteroatoms. The summed E-state index contributed by atoms with van der Waals surface area (Å²) in [6.45, 7) is 4.03. The smallest absolute Gasteiger partial charge is 0.216 e. The molecule has 1 fully saturated rings. The molecule has 0 unspecified atom stereocenters. The molecule has 3 rings (SSSR count). The van der Waals surface area contributed by atoms with Crippen molar-refractivity contribution in [3.05, 3.63) is 17.5 Å². The van der Waals surface area contributed by atoms with Crippen molar-refractivity contribution in [2.45, 2.75) is 30.7 Å². The summed E-state index contributed by atoms with van der Waals surface area (Å²) in [5.41, 5.74) is 2.09. The normalized spacial score (nSPS) is 20.2. The molecule has 0 bridgehead atoms. The Morgan fingerprint density at radius 3 is 3.06 bits per heavy atom. The van der Waals surface area contributed by atoms with Gasteiger partial charge in [-0.05, 0) is 32.1 Å². The number of rotatable bonds is 2. The molecule has 0 aliphatic carbocycles. The Hall–Kier alpha value is -0.750. The van der Waals surface area contributed by atoms with Crippen LogP contribution in [0.2, 0.25) is 0 Å². The molecule has 3 heterocycles. The largest absolute Gasteiger partial charge is 0.253 e. The Morgan fingerprint density at radius 2 is 2.29 bits per heavy atom. The number of nitrogens with zero attached hydrogens (tertiary/aromatic N) is 4. The fourth-order valence-corrected chi connectivity index (χ4v) is 4.51. The van der Waals surface area contributed by atoms with Gasteiger partial charge in [0.25, 0.3) is 5.78 Å². The van der Waals surface area contributed by atoms with Gasteiger partial charge in [0, 0.05) is 22.4 Å². The number of thioether (sulfide) groups is 2. The van der Waals surface area contributed by atoms with Crippen molar-refractivity contribution in [2.75, 3.05) is 11.5 Å². The zero-order valence-corrected chi connectivity index (χ0v) is 11.5. The standard InChI is InChI=1S/C11H14N4S2/c1-7-5-8(2)15-10(12-7)13-11(14-15)17-9-3-4-16-6-9/h5,9H,3-4,6H2,1-2H3/t9-/m1/s1. The molecule has 2 aromatic heterocycles. The second kappa shape index (κ2) is 4.49. The molecule has 2 aromatic rings. The van der Waals surface area contributed by atoms with Crippen molar-refractivity contribution in [1.29, 1.82) is 0 Å². The highest BCUT2D eigenvalue weighted by molar-refractivity contribution is 8.04. The van der Waals surface area contributed by atoms with Gasteiger partial charge in [-0.2, -0.15) is 16.7 Å². The molecule has 0 N–H and O–H groups in total. The van der Waals surface area contributed by atoms with Gasteiger partial charge in [-0.25, -0.2) is 9.50 Å². The summed E-state index contributed by atoms with van der Waals surface area (Å²) in [4.78, 5) is 8.89. The topological polar surface area (TPSA) is 43.1 Å². The van der Waals surface area contributed by atoms with Gasteiger partial charge in [0.05, 0.1) is 0 Å². The first-order chi connectivity index (χ1) is 8.22. The van der Waals surface area contributed by atoms with Crippen LogP contribution < -0.4 is 0 Å². The van der Waals surface area contributed by atoms with Gasteiger partial charge >= 0.3 is 0 Å². The molecule has 1 aliphatic heterocycles. The molecule has 17 heavy (non-hydrogen) atoms. The Kier molecular flexibility index (Phi) is 3.00. The van der Waals surface area contributed by atoms with Gasteiger partial charge in [-0.1, -0.05) is 11.8 Å². The van der Waals surface area contributed by atoms with E-state index >= 15 is 0 Å². The van der Waals surface area contributed by atoms with Gasteiger partial charge in [-0.15, -0.1) is 5.10 Å². The van der Waals surface area contributed by atoms with E-state index in [0.717, 1.165) is 22.3 Å². The highest BCUT2D eigenvalue weighted by Crippen LogP contribution is 2.31. The average Bonchev–Trinajstić information content (AvgIpc) is 2.87. The maximum absolute atomic E-state index is 4.51. The lowest BCUT2D eigenvalue weighted by Gasteiger charge is -2.01. The Balaban J connectivity index is 1.93. The second-order valence-corrected chi connectivity index (χ2v) is 6.67. The average molecular weight is 266 g/mol. The lowest BCUT2D eigenvalue weighted by molar-refractivity contribution is 0.838. The molecule has 0 saturated carbocycles. The summed E-state index contributed by atoms with van der Waals surface area (Å²) in [5, 5.41) is 6.04. The van der Waals surface area contributed by atoms with Crippen molar-refractivity contribution in [2.24, 2.45) is 0 Å². The van der Waals surface area contributed by atoms with Crippen LogP contribution in [0.25, 0.3) is 5.78 Å². The van der Waals surface area contributed by atoms with Crippen LogP contribution in [0.3, 0.4) is 0 Å². The predicted octanol–water partition coefficient (Wildman–Crippen LogP) is 2.34. The third kappa shape index (κ3) is 2.28. The highest BCUT2D eigenvalue weighted by Gasteiger charge is 2.19. The van der Waals surface area contributed by atoms with Crippen molar-refractivity contribution < 1.29 is 0 Å². The van der Waals surface area contributed by atoms with Gasteiger partial charge in [0.1, 0.15) is 0 Å². The molecular formula is C11H14N4S2. The van der Waals surface area contributed by atoms with Crippen LogP contribution >= 0.6 is 23.5 Å². The van der Waals surface area contributed by atoms with Crippen LogP contribution in [0.4, 0.5) is 0 Å². The van der Waals surface area contributed by atoms with Gasteiger partial charge < -0.3 is 0 Å². The first kappa shape index (κ1) is 11.3. The summed E-state index contributed by atoms with van der Waals surface area (Å²) in [6, 6.07) is 2.03. The van der Waals surface area contributed by atoms with Gasteiger partial charge in [0.2, 0.25) is 5.16 Å². The van der Waals surface area contributed by atoms with Gasteiger partial charge in [-0.3, -0.25) is 0 Å². The lowest BCUT2D eigenvalue weighted by atomic mass is 10.4. The second-order valence-electron chi connectivity index (χ2n) is 4.25. The van der Waals surface area contributed by atoms with E-state index in [1.54, 1.807) is 11.8 Å². The molecular weight excluding hydrogens is 252 g/mol. The molecule has 4 nitrogen and oxygen atoms in total. The van der Waals surface area contributed by atoms with Crippen molar-refractivity contribution in [3.8, 4) is 0 Å². The molecule has 1 saturated heterocycles. The SMILES string of the molecule is Cc1cc(C)n2nc(S[C@@H]3CCSC3)nc2n1. The van der Waals surface area contributed by atoms with Crippen LogP contribution in [-0.4, -0.2) is 36.3 Å². The minimum Gasteiger partial charge on any atom is -0.216 e. The maximum Gasteiger partial charge on any atom is 0.253 e. The van der Waals surface area contributed by atoms with E-state index in [-0.39, 0.29) is 0 Å². The number of aryl methyl sites for hydroxylation is 2. The highest BCUT2D eigenvalue weighted by atomic mass is 32.2. The number of aromatic nitrogens is 4. The monoisotopic (exact) mass is 266 g/mol. The Labute approximate surface area is 109 Å². The van der Waals surface area contributed by atoms with E-state index in [1.165, 1.54) is 17.9 Å². The van der Waals surface area contributed by atoms with Crippen molar-refractivity contribution >= 4 is 29.3 Å². The third-order valence-corrected chi connectivity index (χ3v) is 5.25. The molecule has 0 spiro atoms. The first-order valence-electron chi connectivity index (χ1n) is 5.68. The summed E-state index contributed by atoms with van der Waals surface area (Å²) in [7, 11) is 0. The molecule has 0 amide bonds. The fraction of sp³-hybridized carbons (Fsp3) is 0.545. The van der Waals surface area contributed by atoms with Crippen LogP contribution in [0.5, 0.6) is 0 Å². The number of hydrogen-bond acceptors (Lipinski definition) is 5.